The zero-order chi connectivity index (χ0) is 13.7. The fourth-order valence-electron chi connectivity index (χ4n) is 2.60. The van der Waals surface area contributed by atoms with Gasteiger partial charge in [-0.15, -0.1) is 0 Å². The molecule has 1 N–H and O–H groups in total. The first kappa shape index (κ1) is 14.0. The number of nitrogens with one attached hydrogen (secondary N) is 1. The Kier molecular flexibility index (Phi) is 4.91. The number of fused-ring (bicyclic) bond motifs is 1. The van der Waals surface area contributed by atoms with E-state index in [-0.39, 0.29) is 11.3 Å². The van der Waals surface area contributed by atoms with Gasteiger partial charge in [-0.25, -0.2) is 0 Å². The third kappa shape index (κ3) is 3.32. The van der Waals surface area contributed by atoms with Crippen LogP contribution < -0.4 is 10.9 Å². The number of aromatic nitrogens is 1. The maximum atomic E-state index is 11.9. The zero-order valence-corrected chi connectivity index (χ0v) is 11.6. The average molecular weight is 262 g/mol. The molecule has 0 radical (unpaired) electrons. The molecular weight excluding hydrogens is 240 g/mol. The summed E-state index contributed by atoms with van der Waals surface area (Å²) in [6.45, 7) is 4.76. The van der Waals surface area contributed by atoms with E-state index in [1.54, 1.807) is 10.6 Å². The maximum absolute atomic E-state index is 11.9. The first-order chi connectivity index (χ1) is 9.24. The van der Waals surface area contributed by atoms with Crippen molar-refractivity contribution in [3.05, 3.63) is 33.7 Å². The number of Topliss-reactive ketones (excluding diaryl/α,β-unsaturated/α-hetero) is 1. The second kappa shape index (κ2) is 6.66. The third-order valence-electron chi connectivity index (χ3n) is 3.58. The molecule has 4 nitrogen and oxygen atoms in total. The molecule has 19 heavy (non-hydrogen) atoms. The summed E-state index contributed by atoms with van der Waals surface area (Å²) in [7, 11) is 0. The summed E-state index contributed by atoms with van der Waals surface area (Å²) in [5.74, 6) is 0.180. The Morgan fingerprint density at radius 1 is 1.21 bits per heavy atom. The lowest BCUT2D eigenvalue weighted by molar-refractivity contribution is 0.0970. The standard InChI is InChI=1S/C15H22N2O2/c1-2-9-16-10-4-11-17-13-5-3-6-14(18)12(13)7-8-15(17)19/h7-8,16H,2-6,9-11H2,1H3. The Balaban J connectivity index is 2.09. The van der Waals surface area contributed by atoms with Crippen LogP contribution in [0, 0.1) is 0 Å². The van der Waals surface area contributed by atoms with Gasteiger partial charge in [0.05, 0.1) is 0 Å². The number of rotatable bonds is 6. The Hall–Kier alpha value is -1.42. The van der Waals surface area contributed by atoms with Crippen LogP contribution in [0.15, 0.2) is 16.9 Å². The summed E-state index contributed by atoms with van der Waals surface area (Å²) in [4.78, 5) is 23.8. The molecule has 0 amide bonds. The van der Waals surface area contributed by atoms with E-state index in [0.717, 1.165) is 50.0 Å². The van der Waals surface area contributed by atoms with Crippen molar-refractivity contribution >= 4 is 5.78 Å². The molecule has 0 aromatic carbocycles. The number of pyridine rings is 1. The van der Waals surface area contributed by atoms with Crippen molar-refractivity contribution in [1.82, 2.24) is 9.88 Å². The van der Waals surface area contributed by atoms with Gasteiger partial charge in [0.15, 0.2) is 5.78 Å². The number of hydrogen-bond acceptors (Lipinski definition) is 3. The molecule has 0 saturated carbocycles. The average Bonchev–Trinajstić information content (AvgIpc) is 2.41. The van der Waals surface area contributed by atoms with E-state index in [1.807, 2.05) is 0 Å². The van der Waals surface area contributed by atoms with Gasteiger partial charge in [-0.3, -0.25) is 9.59 Å². The molecule has 104 valence electrons. The first-order valence-corrected chi connectivity index (χ1v) is 7.20. The second-order valence-corrected chi connectivity index (χ2v) is 5.06. The predicted molar refractivity (Wildman–Crippen MR) is 75.7 cm³/mol. The lowest BCUT2D eigenvalue weighted by Gasteiger charge is -2.20. The van der Waals surface area contributed by atoms with Crippen LogP contribution in [0.25, 0.3) is 0 Å². The molecule has 1 aliphatic carbocycles. The highest BCUT2D eigenvalue weighted by molar-refractivity contribution is 5.97. The molecular formula is C15H22N2O2. The molecule has 1 aliphatic rings. The van der Waals surface area contributed by atoms with Crippen LogP contribution in [-0.4, -0.2) is 23.4 Å². The molecule has 0 atom stereocenters. The molecule has 0 saturated heterocycles. The van der Waals surface area contributed by atoms with E-state index in [2.05, 4.69) is 12.2 Å². The summed E-state index contributed by atoms with van der Waals surface area (Å²) >= 11 is 0. The van der Waals surface area contributed by atoms with E-state index >= 15 is 0 Å². The van der Waals surface area contributed by atoms with Crippen molar-refractivity contribution in [2.75, 3.05) is 13.1 Å². The van der Waals surface area contributed by atoms with Crippen molar-refractivity contribution in [3.8, 4) is 0 Å². The molecule has 0 spiro atoms. The van der Waals surface area contributed by atoms with Gasteiger partial charge < -0.3 is 9.88 Å². The molecule has 0 bridgehead atoms. The smallest absolute Gasteiger partial charge is 0.250 e. The quantitative estimate of drug-likeness (QED) is 0.795. The molecule has 0 unspecified atom stereocenters. The van der Waals surface area contributed by atoms with Gasteiger partial charge in [-0.2, -0.15) is 0 Å². The van der Waals surface area contributed by atoms with Crippen LogP contribution in [0.1, 0.15) is 48.7 Å². The highest BCUT2D eigenvalue weighted by atomic mass is 16.1. The van der Waals surface area contributed by atoms with Gasteiger partial charge in [-0.05, 0) is 44.8 Å². The van der Waals surface area contributed by atoms with Gasteiger partial charge in [0, 0.05) is 30.3 Å². The summed E-state index contributed by atoms with van der Waals surface area (Å²) in [6.07, 6.45) is 4.37. The summed E-state index contributed by atoms with van der Waals surface area (Å²) < 4.78 is 1.79. The topological polar surface area (TPSA) is 51.1 Å². The van der Waals surface area contributed by atoms with Gasteiger partial charge >= 0.3 is 0 Å². The van der Waals surface area contributed by atoms with E-state index in [4.69, 9.17) is 0 Å². The number of hydrogen-bond donors (Lipinski definition) is 1. The van der Waals surface area contributed by atoms with Gasteiger partial charge in [0.2, 0.25) is 0 Å². The number of nitrogens with zero attached hydrogens (tertiary/aromatic N) is 1. The van der Waals surface area contributed by atoms with Crippen molar-refractivity contribution in [1.29, 1.82) is 0 Å². The summed E-state index contributed by atoms with van der Waals surface area (Å²) in [5, 5.41) is 3.33. The third-order valence-corrected chi connectivity index (χ3v) is 3.58. The normalized spacial score (nSPS) is 14.5. The van der Waals surface area contributed by atoms with Crippen LogP contribution in [0.4, 0.5) is 0 Å². The van der Waals surface area contributed by atoms with Crippen LogP contribution in [0.5, 0.6) is 0 Å². The highest BCUT2D eigenvalue weighted by Gasteiger charge is 2.20. The summed E-state index contributed by atoms with van der Waals surface area (Å²) in [6, 6.07) is 3.23. The Bertz CT molecular complexity index is 505. The van der Waals surface area contributed by atoms with E-state index in [1.165, 1.54) is 6.07 Å². The Morgan fingerprint density at radius 3 is 2.84 bits per heavy atom. The van der Waals surface area contributed by atoms with Crippen LogP contribution in [0.2, 0.25) is 0 Å². The predicted octanol–water partition coefficient (Wildman–Crippen LogP) is 1.76. The van der Waals surface area contributed by atoms with E-state index < -0.39 is 0 Å². The Labute approximate surface area is 113 Å². The maximum Gasteiger partial charge on any atom is 0.250 e. The SMILES string of the molecule is CCCNCCCn1c2c(ccc1=O)C(=O)CCC2. The lowest BCUT2D eigenvalue weighted by atomic mass is 9.94. The van der Waals surface area contributed by atoms with Crippen molar-refractivity contribution in [3.63, 3.8) is 0 Å². The van der Waals surface area contributed by atoms with Gasteiger partial charge in [-0.1, -0.05) is 6.92 Å². The molecule has 2 rings (SSSR count). The fourth-order valence-corrected chi connectivity index (χ4v) is 2.60. The Morgan fingerprint density at radius 2 is 2.05 bits per heavy atom. The fraction of sp³-hybridized carbons (Fsp3) is 0.600. The molecule has 1 aromatic heterocycles. The molecule has 4 heteroatoms. The van der Waals surface area contributed by atoms with Crippen molar-refractivity contribution in [2.45, 2.75) is 45.6 Å². The van der Waals surface area contributed by atoms with E-state index in [9.17, 15) is 9.59 Å². The minimum Gasteiger partial charge on any atom is -0.317 e. The highest BCUT2D eigenvalue weighted by Crippen LogP contribution is 2.19. The van der Waals surface area contributed by atoms with Gasteiger partial charge in [0.1, 0.15) is 0 Å². The van der Waals surface area contributed by atoms with Crippen LogP contribution >= 0.6 is 0 Å². The summed E-state index contributed by atoms with van der Waals surface area (Å²) in [5.41, 5.74) is 1.72. The molecule has 0 aliphatic heterocycles. The zero-order valence-electron chi connectivity index (χ0n) is 11.6. The number of carbonyl (C=O) groups is 1. The van der Waals surface area contributed by atoms with Gasteiger partial charge in [0.25, 0.3) is 5.56 Å². The first-order valence-electron chi connectivity index (χ1n) is 7.20. The van der Waals surface area contributed by atoms with Crippen molar-refractivity contribution in [2.24, 2.45) is 0 Å². The van der Waals surface area contributed by atoms with E-state index in [0.29, 0.717) is 13.0 Å². The minimum atomic E-state index is 0.0175. The molecule has 1 aromatic rings. The molecule has 0 fully saturated rings. The van der Waals surface area contributed by atoms with Crippen LogP contribution in [-0.2, 0) is 13.0 Å². The monoisotopic (exact) mass is 262 g/mol. The molecule has 1 heterocycles. The van der Waals surface area contributed by atoms with Crippen molar-refractivity contribution < 1.29 is 4.79 Å². The number of carbonyl (C=O) groups excluding carboxylic acids is 1. The lowest BCUT2D eigenvalue weighted by Crippen LogP contribution is -2.29. The second-order valence-electron chi connectivity index (χ2n) is 5.06. The largest absolute Gasteiger partial charge is 0.317 e. The minimum absolute atomic E-state index is 0.0175. The van der Waals surface area contributed by atoms with Crippen LogP contribution in [0.3, 0.4) is 0 Å². The number of ketones is 1.